The van der Waals surface area contributed by atoms with Gasteiger partial charge in [0.2, 0.25) is 0 Å². The van der Waals surface area contributed by atoms with Gasteiger partial charge in [0.1, 0.15) is 6.61 Å². The van der Waals surface area contributed by atoms with E-state index in [-0.39, 0.29) is 24.8 Å². The van der Waals surface area contributed by atoms with Gasteiger partial charge in [0.15, 0.2) is 5.78 Å². The number of rotatable bonds is 8. The van der Waals surface area contributed by atoms with Crippen molar-refractivity contribution in [2.75, 3.05) is 13.7 Å². The number of amides is 1. The fourth-order valence-corrected chi connectivity index (χ4v) is 3.32. The molecule has 0 bridgehead atoms. The van der Waals surface area contributed by atoms with E-state index in [1.165, 1.54) is 12.0 Å². The van der Waals surface area contributed by atoms with Crippen molar-refractivity contribution in [3.05, 3.63) is 35.9 Å². The minimum absolute atomic E-state index is 0.0944. The van der Waals surface area contributed by atoms with Gasteiger partial charge < -0.3 is 9.47 Å². The topological polar surface area (TPSA) is 72.9 Å². The number of ether oxygens (including phenoxy) is 2. The van der Waals surface area contributed by atoms with Gasteiger partial charge in [0, 0.05) is 13.0 Å². The van der Waals surface area contributed by atoms with Crippen LogP contribution in [0.15, 0.2) is 30.3 Å². The number of hydrogen-bond donors (Lipinski definition) is 0. The van der Waals surface area contributed by atoms with Crippen LogP contribution in [0, 0.1) is 5.92 Å². The minimum Gasteiger partial charge on any atom is -0.469 e. The molecule has 0 unspecified atom stereocenters. The molecule has 1 amide bonds. The monoisotopic (exact) mass is 361 g/mol. The van der Waals surface area contributed by atoms with Crippen LogP contribution in [0.3, 0.4) is 0 Å². The molecule has 1 aromatic carbocycles. The fourth-order valence-electron chi connectivity index (χ4n) is 3.32. The number of carbonyl (C=O) groups is 3. The van der Waals surface area contributed by atoms with Gasteiger partial charge in [-0.25, -0.2) is 4.79 Å². The van der Waals surface area contributed by atoms with E-state index in [0.29, 0.717) is 19.4 Å². The van der Waals surface area contributed by atoms with E-state index in [1.54, 1.807) is 0 Å². The van der Waals surface area contributed by atoms with Crippen molar-refractivity contribution in [2.45, 2.75) is 51.7 Å². The summed E-state index contributed by atoms with van der Waals surface area (Å²) in [5.74, 6) is -0.903. The highest BCUT2D eigenvalue weighted by atomic mass is 16.6. The highest BCUT2D eigenvalue weighted by Crippen LogP contribution is 2.24. The second-order valence-electron chi connectivity index (χ2n) is 6.57. The number of hydrogen-bond acceptors (Lipinski definition) is 5. The predicted octanol–water partition coefficient (Wildman–Crippen LogP) is 3.34. The summed E-state index contributed by atoms with van der Waals surface area (Å²) >= 11 is 0. The SMILES string of the molecule is CCC[C@H](CC(=O)[C@@H]1CCCN1C(=O)OCc1ccccc1)C(=O)OC. The molecule has 142 valence electrons. The van der Waals surface area contributed by atoms with Gasteiger partial charge in [-0.15, -0.1) is 0 Å². The van der Waals surface area contributed by atoms with Crippen LogP contribution < -0.4 is 0 Å². The zero-order valence-electron chi connectivity index (χ0n) is 15.5. The Bertz CT molecular complexity index is 616. The number of methoxy groups -OCH3 is 1. The van der Waals surface area contributed by atoms with E-state index in [4.69, 9.17) is 9.47 Å². The van der Waals surface area contributed by atoms with Crippen molar-refractivity contribution in [3.8, 4) is 0 Å². The lowest BCUT2D eigenvalue weighted by Gasteiger charge is -2.24. The number of esters is 1. The molecule has 6 heteroatoms. The molecule has 0 radical (unpaired) electrons. The number of nitrogens with zero attached hydrogens (tertiary/aromatic N) is 1. The van der Waals surface area contributed by atoms with E-state index >= 15 is 0 Å². The van der Waals surface area contributed by atoms with Gasteiger partial charge in [-0.05, 0) is 24.8 Å². The third-order valence-corrected chi connectivity index (χ3v) is 4.68. The van der Waals surface area contributed by atoms with Crippen molar-refractivity contribution < 1.29 is 23.9 Å². The number of likely N-dealkylation sites (tertiary alicyclic amines) is 1. The molecule has 0 aromatic heterocycles. The van der Waals surface area contributed by atoms with Crippen LogP contribution in [0.25, 0.3) is 0 Å². The molecule has 26 heavy (non-hydrogen) atoms. The molecule has 1 fully saturated rings. The van der Waals surface area contributed by atoms with Crippen LogP contribution in [0.5, 0.6) is 0 Å². The number of benzene rings is 1. The largest absolute Gasteiger partial charge is 0.469 e. The van der Waals surface area contributed by atoms with E-state index in [9.17, 15) is 14.4 Å². The number of carbonyl (C=O) groups excluding carboxylic acids is 3. The summed E-state index contributed by atoms with van der Waals surface area (Å²) in [6.07, 6.45) is 2.39. The van der Waals surface area contributed by atoms with Crippen LogP contribution in [-0.4, -0.2) is 42.4 Å². The summed E-state index contributed by atoms with van der Waals surface area (Å²) in [7, 11) is 1.33. The molecule has 0 aliphatic carbocycles. The van der Waals surface area contributed by atoms with Crippen LogP contribution in [-0.2, 0) is 25.7 Å². The maximum Gasteiger partial charge on any atom is 0.410 e. The van der Waals surface area contributed by atoms with E-state index in [2.05, 4.69) is 0 Å². The lowest BCUT2D eigenvalue weighted by Crippen LogP contribution is -2.41. The van der Waals surface area contributed by atoms with Gasteiger partial charge in [-0.3, -0.25) is 14.5 Å². The molecule has 0 saturated carbocycles. The summed E-state index contributed by atoms with van der Waals surface area (Å²) in [4.78, 5) is 38.4. The average molecular weight is 361 g/mol. The van der Waals surface area contributed by atoms with Gasteiger partial charge >= 0.3 is 12.1 Å². The molecule has 1 aromatic rings. The highest BCUT2D eigenvalue weighted by Gasteiger charge is 2.36. The van der Waals surface area contributed by atoms with Crippen molar-refractivity contribution >= 4 is 17.8 Å². The Labute approximate surface area is 154 Å². The summed E-state index contributed by atoms with van der Waals surface area (Å²) in [6.45, 7) is 2.64. The Morgan fingerprint density at radius 2 is 1.96 bits per heavy atom. The van der Waals surface area contributed by atoms with E-state index < -0.39 is 18.1 Å². The highest BCUT2D eigenvalue weighted by molar-refractivity contribution is 5.90. The van der Waals surface area contributed by atoms with Crippen molar-refractivity contribution in [1.29, 1.82) is 0 Å². The third kappa shape index (κ3) is 5.31. The Hall–Kier alpha value is -2.37. The molecule has 6 nitrogen and oxygen atoms in total. The first-order chi connectivity index (χ1) is 12.6. The van der Waals surface area contributed by atoms with Gasteiger partial charge in [-0.1, -0.05) is 43.7 Å². The molecule has 0 spiro atoms. The number of ketones is 1. The Morgan fingerprint density at radius 1 is 1.23 bits per heavy atom. The number of Topliss-reactive ketones (excluding diaryl/α,β-unsaturated/α-hetero) is 1. The standard InChI is InChI=1S/C20H27NO5/c1-3-8-16(19(23)25-2)13-18(22)17-11-7-12-21(17)20(24)26-14-15-9-5-4-6-10-15/h4-6,9-10,16-17H,3,7-8,11-14H2,1-2H3/t16-,17+/m1/s1. The molecule has 1 aliphatic heterocycles. The van der Waals surface area contributed by atoms with Crippen LogP contribution in [0.1, 0.15) is 44.6 Å². The molecule has 0 N–H and O–H groups in total. The fraction of sp³-hybridized carbons (Fsp3) is 0.550. The zero-order chi connectivity index (χ0) is 18.9. The summed E-state index contributed by atoms with van der Waals surface area (Å²) in [5.41, 5.74) is 0.900. The molecular formula is C20H27NO5. The molecule has 1 aliphatic rings. The maximum atomic E-state index is 12.7. The Balaban J connectivity index is 1.93. The smallest absolute Gasteiger partial charge is 0.410 e. The van der Waals surface area contributed by atoms with Crippen LogP contribution >= 0.6 is 0 Å². The third-order valence-electron chi connectivity index (χ3n) is 4.68. The van der Waals surface area contributed by atoms with Crippen LogP contribution in [0.4, 0.5) is 4.79 Å². The summed E-state index contributed by atoms with van der Waals surface area (Å²) in [6, 6.07) is 8.91. The second kappa shape index (κ2) is 9.94. The minimum atomic E-state index is -0.512. The molecular weight excluding hydrogens is 334 g/mol. The van der Waals surface area contributed by atoms with Gasteiger partial charge in [-0.2, -0.15) is 0 Å². The van der Waals surface area contributed by atoms with E-state index in [1.807, 2.05) is 37.3 Å². The van der Waals surface area contributed by atoms with Crippen molar-refractivity contribution in [2.24, 2.45) is 5.92 Å². The summed E-state index contributed by atoms with van der Waals surface area (Å²) < 4.78 is 10.2. The first kappa shape index (κ1) is 19.9. The normalized spacial score (nSPS) is 17.6. The first-order valence-electron chi connectivity index (χ1n) is 9.14. The molecule has 2 rings (SSSR count). The lowest BCUT2D eigenvalue weighted by molar-refractivity contribution is -0.147. The molecule has 1 saturated heterocycles. The maximum absolute atomic E-state index is 12.7. The van der Waals surface area contributed by atoms with Crippen LogP contribution in [0.2, 0.25) is 0 Å². The second-order valence-corrected chi connectivity index (χ2v) is 6.57. The quantitative estimate of drug-likeness (QED) is 0.664. The molecule has 1 heterocycles. The average Bonchev–Trinajstić information content (AvgIpc) is 3.16. The first-order valence-corrected chi connectivity index (χ1v) is 9.14. The van der Waals surface area contributed by atoms with Crippen molar-refractivity contribution in [1.82, 2.24) is 4.90 Å². The van der Waals surface area contributed by atoms with Gasteiger partial charge in [0.25, 0.3) is 0 Å². The lowest BCUT2D eigenvalue weighted by atomic mass is 9.94. The van der Waals surface area contributed by atoms with E-state index in [0.717, 1.165) is 18.4 Å². The van der Waals surface area contributed by atoms with Crippen molar-refractivity contribution in [3.63, 3.8) is 0 Å². The Kier molecular flexibility index (Phi) is 7.63. The zero-order valence-corrected chi connectivity index (χ0v) is 15.5. The predicted molar refractivity (Wildman–Crippen MR) is 96.4 cm³/mol. The Morgan fingerprint density at radius 3 is 2.62 bits per heavy atom. The van der Waals surface area contributed by atoms with Gasteiger partial charge in [0.05, 0.1) is 19.1 Å². The molecule has 2 atom stereocenters. The summed E-state index contributed by atoms with van der Waals surface area (Å²) in [5, 5.41) is 0.